The van der Waals surface area contributed by atoms with Crippen LogP contribution in [0.5, 0.6) is 11.6 Å². The van der Waals surface area contributed by atoms with E-state index in [-0.39, 0.29) is 5.91 Å². The Hall–Kier alpha value is -3.32. The number of amides is 1. The summed E-state index contributed by atoms with van der Waals surface area (Å²) in [5.74, 6) is 1.09. The molecular weight excluding hydrogens is 392 g/mol. The van der Waals surface area contributed by atoms with Gasteiger partial charge in [0.25, 0.3) is 5.91 Å². The molecule has 0 atom stereocenters. The lowest BCUT2D eigenvalue weighted by molar-refractivity contribution is 0.102. The van der Waals surface area contributed by atoms with Crippen LogP contribution in [0, 0.1) is 0 Å². The number of nitrogens with one attached hydrogen (secondary N) is 2. The first-order chi connectivity index (χ1) is 15.2. The van der Waals surface area contributed by atoms with Crippen LogP contribution in [0.3, 0.4) is 0 Å². The number of rotatable bonds is 8. The van der Waals surface area contributed by atoms with E-state index in [0.29, 0.717) is 23.7 Å². The minimum absolute atomic E-state index is 0.182. The van der Waals surface area contributed by atoms with E-state index in [1.54, 1.807) is 25.3 Å². The molecule has 162 valence electrons. The van der Waals surface area contributed by atoms with Crippen molar-refractivity contribution in [2.24, 2.45) is 0 Å². The number of benzene rings is 2. The zero-order valence-corrected chi connectivity index (χ0v) is 17.8. The smallest absolute Gasteiger partial charge is 0.255 e. The maximum absolute atomic E-state index is 12.8. The number of likely N-dealkylation sites (tertiary alicyclic amines) is 1. The fraction of sp³-hybridized carbons (Fsp3) is 0.333. The SMILES string of the molecule is COc1cc(-c2ccccc2NC(=O)c2ccc(OCCN3CCCCC3)cc2)[nH]n1. The molecule has 0 aliphatic carbocycles. The maximum Gasteiger partial charge on any atom is 0.255 e. The minimum atomic E-state index is -0.182. The molecule has 0 unspecified atom stereocenters. The summed E-state index contributed by atoms with van der Waals surface area (Å²) in [5, 5.41) is 9.99. The first-order valence-corrected chi connectivity index (χ1v) is 10.7. The molecule has 1 amide bonds. The van der Waals surface area contributed by atoms with Crippen LogP contribution in [0.2, 0.25) is 0 Å². The van der Waals surface area contributed by atoms with Gasteiger partial charge in [-0.05, 0) is 56.3 Å². The lowest BCUT2D eigenvalue weighted by Gasteiger charge is -2.26. The van der Waals surface area contributed by atoms with E-state index >= 15 is 0 Å². The summed E-state index contributed by atoms with van der Waals surface area (Å²) >= 11 is 0. The molecule has 2 N–H and O–H groups in total. The Bertz CT molecular complexity index is 994. The summed E-state index contributed by atoms with van der Waals surface area (Å²) in [6, 6.07) is 16.6. The molecule has 1 aliphatic heterocycles. The number of carbonyl (C=O) groups excluding carboxylic acids is 1. The molecule has 31 heavy (non-hydrogen) atoms. The number of carbonyl (C=O) groups is 1. The molecule has 1 aliphatic rings. The van der Waals surface area contributed by atoms with E-state index < -0.39 is 0 Å². The van der Waals surface area contributed by atoms with E-state index in [0.717, 1.165) is 36.6 Å². The van der Waals surface area contributed by atoms with E-state index in [1.165, 1.54) is 19.3 Å². The summed E-state index contributed by atoms with van der Waals surface area (Å²) in [5.41, 5.74) is 2.87. The molecule has 1 saturated heterocycles. The molecule has 7 nitrogen and oxygen atoms in total. The first kappa shape index (κ1) is 20.9. The molecule has 0 bridgehead atoms. The third-order valence-corrected chi connectivity index (χ3v) is 5.47. The van der Waals surface area contributed by atoms with Crippen LogP contribution in [-0.2, 0) is 0 Å². The lowest BCUT2D eigenvalue weighted by Crippen LogP contribution is -2.33. The number of methoxy groups -OCH3 is 1. The summed E-state index contributed by atoms with van der Waals surface area (Å²) in [6.07, 6.45) is 3.89. The summed E-state index contributed by atoms with van der Waals surface area (Å²) < 4.78 is 11.0. The average molecular weight is 421 g/mol. The maximum atomic E-state index is 12.8. The second kappa shape index (κ2) is 10.1. The third kappa shape index (κ3) is 5.44. The summed E-state index contributed by atoms with van der Waals surface area (Å²) in [4.78, 5) is 15.2. The van der Waals surface area contributed by atoms with Gasteiger partial charge >= 0.3 is 0 Å². The fourth-order valence-electron chi connectivity index (χ4n) is 3.75. The van der Waals surface area contributed by atoms with Gasteiger partial charge in [-0.2, -0.15) is 0 Å². The monoisotopic (exact) mass is 420 g/mol. The van der Waals surface area contributed by atoms with Gasteiger partial charge in [-0.15, -0.1) is 5.10 Å². The molecule has 1 fully saturated rings. The highest BCUT2D eigenvalue weighted by molar-refractivity contribution is 6.06. The van der Waals surface area contributed by atoms with E-state index in [1.807, 2.05) is 36.4 Å². The van der Waals surface area contributed by atoms with Crippen LogP contribution in [0.25, 0.3) is 11.3 Å². The molecule has 0 spiro atoms. The van der Waals surface area contributed by atoms with Crippen LogP contribution in [0.1, 0.15) is 29.6 Å². The van der Waals surface area contributed by atoms with Gasteiger partial charge in [-0.3, -0.25) is 14.8 Å². The molecular formula is C24H28N4O3. The Kier molecular flexibility index (Phi) is 6.84. The van der Waals surface area contributed by atoms with Crippen LogP contribution in [-0.4, -0.2) is 54.4 Å². The number of para-hydroxylation sites is 1. The van der Waals surface area contributed by atoms with Gasteiger partial charge in [-0.1, -0.05) is 24.6 Å². The number of hydrogen-bond donors (Lipinski definition) is 2. The Balaban J connectivity index is 1.36. The van der Waals surface area contributed by atoms with Gasteiger partial charge in [0.1, 0.15) is 12.4 Å². The molecule has 0 radical (unpaired) electrons. The highest BCUT2D eigenvalue weighted by atomic mass is 16.5. The van der Waals surface area contributed by atoms with Crippen molar-refractivity contribution in [1.29, 1.82) is 0 Å². The molecule has 2 heterocycles. The lowest BCUT2D eigenvalue weighted by atomic mass is 10.1. The first-order valence-electron chi connectivity index (χ1n) is 10.7. The van der Waals surface area contributed by atoms with Crippen LogP contribution in [0.4, 0.5) is 5.69 Å². The normalized spacial score (nSPS) is 14.2. The van der Waals surface area contributed by atoms with Gasteiger partial charge in [0.05, 0.1) is 18.5 Å². The molecule has 3 aromatic rings. The topological polar surface area (TPSA) is 79.5 Å². The van der Waals surface area contributed by atoms with Crippen molar-refractivity contribution in [3.05, 3.63) is 60.2 Å². The van der Waals surface area contributed by atoms with Crippen molar-refractivity contribution in [3.63, 3.8) is 0 Å². The third-order valence-electron chi connectivity index (χ3n) is 5.47. The van der Waals surface area contributed by atoms with Crippen molar-refractivity contribution in [2.45, 2.75) is 19.3 Å². The van der Waals surface area contributed by atoms with Crippen molar-refractivity contribution in [1.82, 2.24) is 15.1 Å². The second-order valence-corrected chi connectivity index (χ2v) is 7.60. The fourth-order valence-corrected chi connectivity index (χ4v) is 3.75. The summed E-state index contributed by atoms with van der Waals surface area (Å²) in [7, 11) is 1.56. The van der Waals surface area contributed by atoms with E-state index in [2.05, 4.69) is 20.4 Å². The van der Waals surface area contributed by atoms with Crippen LogP contribution >= 0.6 is 0 Å². The Morgan fingerprint density at radius 2 is 1.87 bits per heavy atom. The number of H-pyrrole nitrogens is 1. The standard InChI is InChI=1S/C24H28N4O3/c1-30-23-17-22(26-27-23)20-7-3-4-8-21(20)25-24(29)18-9-11-19(12-10-18)31-16-15-28-13-5-2-6-14-28/h3-4,7-12,17H,2,5-6,13-16H2,1H3,(H,25,29)(H,26,27). The highest BCUT2D eigenvalue weighted by Crippen LogP contribution is 2.28. The number of ether oxygens (including phenoxy) is 2. The predicted octanol–water partition coefficient (Wildman–Crippen LogP) is 4.20. The largest absolute Gasteiger partial charge is 0.492 e. The van der Waals surface area contributed by atoms with Crippen molar-refractivity contribution in [3.8, 4) is 22.9 Å². The average Bonchev–Trinajstić information content (AvgIpc) is 3.30. The van der Waals surface area contributed by atoms with Gasteiger partial charge in [-0.25, -0.2) is 0 Å². The van der Waals surface area contributed by atoms with Gasteiger partial charge in [0, 0.05) is 23.7 Å². The van der Waals surface area contributed by atoms with Crippen molar-refractivity contribution < 1.29 is 14.3 Å². The number of hydrogen-bond acceptors (Lipinski definition) is 5. The minimum Gasteiger partial charge on any atom is -0.492 e. The zero-order valence-electron chi connectivity index (χ0n) is 17.8. The van der Waals surface area contributed by atoms with E-state index in [4.69, 9.17) is 9.47 Å². The number of aromatic amines is 1. The predicted molar refractivity (Wildman–Crippen MR) is 121 cm³/mol. The molecule has 7 heteroatoms. The highest BCUT2D eigenvalue weighted by Gasteiger charge is 2.13. The molecule has 1 aromatic heterocycles. The van der Waals surface area contributed by atoms with Crippen molar-refractivity contribution in [2.75, 3.05) is 38.7 Å². The second-order valence-electron chi connectivity index (χ2n) is 7.60. The zero-order chi connectivity index (χ0) is 21.5. The Morgan fingerprint density at radius 1 is 1.10 bits per heavy atom. The number of aromatic nitrogens is 2. The number of piperidine rings is 1. The van der Waals surface area contributed by atoms with Crippen LogP contribution in [0.15, 0.2) is 54.6 Å². The number of anilines is 1. The van der Waals surface area contributed by atoms with Gasteiger partial charge in [0.2, 0.25) is 5.88 Å². The van der Waals surface area contributed by atoms with Gasteiger partial charge < -0.3 is 14.8 Å². The van der Waals surface area contributed by atoms with E-state index in [9.17, 15) is 4.79 Å². The summed E-state index contributed by atoms with van der Waals surface area (Å²) in [6.45, 7) is 3.93. The van der Waals surface area contributed by atoms with Crippen molar-refractivity contribution >= 4 is 11.6 Å². The molecule has 2 aromatic carbocycles. The number of nitrogens with zero attached hydrogens (tertiary/aromatic N) is 2. The Labute approximate surface area is 182 Å². The van der Waals surface area contributed by atoms with Crippen LogP contribution < -0.4 is 14.8 Å². The van der Waals surface area contributed by atoms with Gasteiger partial charge in [0.15, 0.2) is 0 Å². The Morgan fingerprint density at radius 3 is 2.61 bits per heavy atom. The quantitative estimate of drug-likeness (QED) is 0.571. The molecule has 0 saturated carbocycles. The molecule has 4 rings (SSSR count).